The smallest absolute Gasteiger partial charge is 0.360 e. The normalized spacial score (nSPS) is 11.6. The average molecular weight is 377 g/mol. The molecule has 1 heterocycles. The Morgan fingerprint density at radius 3 is 2.46 bits per heavy atom. The molecule has 0 saturated heterocycles. The Bertz CT molecular complexity index is 1090. The lowest BCUT2D eigenvalue weighted by Gasteiger charge is -2.14. The van der Waals surface area contributed by atoms with E-state index in [1.54, 1.807) is 48.5 Å². The van der Waals surface area contributed by atoms with Gasteiger partial charge < -0.3 is 10.1 Å². The van der Waals surface area contributed by atoms with Gasteiger partial charge in [0.15, 0.2) is 11.8 Å². The summed E-state index contributed by atoms with van der Waals surface area (Å²) < 4.78 is 6.43. The first-order valence-electron chi connectivity index (χ1n) is 8.70. The van der Waals surface area contributed by atoms with Crippen molar-refractivity contribution < 1.29 is 14.3 Å². The zero-order valence-corrected chi connectivity index (χ0v) is 15.3. The number of nitrogens with zero attached hydrogens (tertiary/aromatic N) is 2. The van der Waals surface area contributed by atoms with Crippen molar-refractivity contribution in [2.45, 2.75) is 13.0 Å². The highest BCUT2D eigenvalue weighted by Gasteiger charge is 2.23. The predicted octanol–water partition coefficient (Wildman–Crippen LogP) is 2.23. The number of nitrogens with one attached hydrogen (secondary N) is 1. The third-order valence-electron chi connectivity index (χ3n) is 4.07. The molecule has 0 bridgehead atoms. The number of fused-ring (bicyclic) bond motifs is 1. The van der Waals surface area contributed by atoms with Crippen molar-refractivity contribution in [3.63, 3.8) is 0 Å². The number of rotatable bonds is 6. The van der Waals surface area contributed by atoms with Gasteiger partial charge in [0.05, 0.1) is 11.1 Å². The van der Waals surface area contributed by atoms with Gasteiger partial charge in [0, 0.05) is 11.9 Å². The van der Waals surface area contributed by atoms with Crippen LogP contribution in [0.2, 0.25) is 0 Å². The second-order valence-corrected chi connectivity index (χ2v) is 6.03. The Hall–Kier alpha value is -3.74. The van der Waals surface area contributed by atoms with Gasteiger partial charge in [-0.05, 0) is 25.1 Å². The molecule has 3 aromatic rings. The van der Waals surface area contributed by atoms with Crippen LogP contribution in [-0.4, -0.2) is 34.3 Å². The molecular weight excluding hydrogens is 358 g/mol. The number of carbonyl (C=O) groups excluding carboxylic acids is 2. The summed E-state index contributed by atoms with van der Waals surface area (Å²) in [5.74, 6) is -1.24. The first kappa shape index (κ1) is 19.0. The van der Waals surface area contributed by atoms with Crippen LogP contribution in [0, 0.1) is 0 Å². The molecule has 28 heavy (non-hydrogen) atoms. The summed E-state index contributed by atoms with van der Waals surface area (Å²) in [5, 5.41) is 7.48. The fourth-order valence-electron chi connectivity index (χ4n) is 2.67. The van der Waals surface area contributed by atoms with Gasteiger partial charge in [-0.3, -0.25) is 9.59 Å². The van der Waals surface area contributed by atoms with Crippen LogP contribution in [0.3, 0.4) is 0 Å². The summed E-state index contributed by atoms with van der Waals surface area (Å²) in [6.45, 7) is 5.25. The second-order valence-electron chi connectivity index (χ2n) is 6.03. The van der Waals surface area contributed by atoms with Crippen LogP contribution >= 0.6 is 0 Å². The average Bonchev–Trinajstić information content (AvgIpc) is 2.73. The zero-order valence-electron chi connectivity index (χ0n) is 15.3. The highest BCUT2D eigenvalue weighted by Crippen LogP contribution is 2.16. The third-order valence-corrected chi connectivity index (χ3v) is 4.07. The summed E-state index contributed by atoms with van der Waals surface area (Å²) in [7, 11) is 0. The highest BCUT2D eigenvalue weighted by molar-refractivity contribution is 6.03. The molecule has 0 aliphatic heterocycles. The van der Waals surface area contributed by atoms with Gasteiger partial charge in [-0.2, -0.15) is 9.78 Å². The quantitative estimate of drug-likeness (QED) is 0.526. The van der Waals surface area contributed by atoms with Crippen LogP contribution in [0.5, 0.6) is 0 Å². The fraction of sp³-hybridized carbons (Fsp3) is 0.143. The minimum atomic E-state index is -1.02. The van der Waals surface area contributed by atoms with E-state index in [1.807, 2.05) is 6.07 Å². The summed E-state index contributed by atoms with van der Waals surface area (Å²) in [6.07, 6.45) is 0.502. The molecule has 1 amide bonds. The van der Waals surface area contributed by atoms with Crippen molar-refractivity contribution in [3.8, 4) is 5.69 Å². The van der Waals surface area contributed by atoms with Crippen molar-refractivity contribution >= 4 is 22.6 Å². The number of amides is 1. The van der Waals surface area contributed by atoms with Crippen LogP contribution in [0.25, 0.3) is 16.5 Å². The molecule has 1 atom stereocenters. The molecular formula is C21H19N3O4. The van der Waals surface area contributed by atoms with Crippen molar-refractivity contribution in [1.82, 2.24) is 15.1 Å². The molecule has 0 aliphatic rings. The largest absolute Gasteiger partial charge is 0.448 e. The SMILES string of the molecule is C=CCNC(=O)[C@H](C)OC(=O)c1nn(-c2ccccc2)c(=O)c2ccccc12. The van der Waals surface area contributed by atoms with E-state index in [0.717, 1.165) is 4.68 Å². The summed E-state index contributed by atoms with van der Waals surface area (Å²) in [4.78, 5) is 37.5. The number of ether oxygens (including phenoxy) is 1. The number of aromatic nitrogens is 2. The maximum atomic E-state index is 12.8. The van der Waals surface area contributed by atoms with Gasteiger partial charge in [-0.25, -0.2) is 4.79 Å². The Balaban J connectivity index is 2.04. The molecule has 7 heteroatoms. The maximum absolute atomic E-state index is 12.8. The van der Waals surface area contributed by atoms with E-state index in [4.69, 9.17) is 4.74 Å². The Morgan fingerprint density at radius 1 is 1.14 bits per heavy atom. The van der Waals surface area contributed by atoms with Crippen LogP contribution in [0.1, 0.15) is 17.4 Å². The number of benzene rings is 2. The first-order valence-corrected chi connectivity index (χ1v) is 8.70. The van der Waals surface area contributed by atoms with Gasteiger partial charge >= 0.3 is 5.97 Å². The molecule has 0 aliphatic carbocycles. The van der Waals surface area contributed by atoms with E-state index in [-0.39, 0.29) is 17.8 Å². The van der Waals surface area contributed by atoms with Crippen LogP contribution in [-0.2, 0) is 9.53 Å². The van der Waals surface area contributed by atoms with Crippen molar-refractivity contribution in [3.05, 3.63) is 83.3 Å². The number of para-hydroxylation sites is 1. The molecule has 1 N–H and O–H groups in total. The lowest BCUT2D eigenvalue weighted by atomic mass is 10.1. The number of carbonyl (C=O) groups is 2. The van der Waals surface area contributed by atoms with Gasteiger partial charge in [0.25, 0.3) is 11.5 Å². The number of hydrogen-bond acceptors (Lipinski definition) is 5. The topological polar surface area (TPSA) is 90.3 Å². The third kappa shape index (κ3) is 3.83. The van der Waals surface area contributed by atoms with Crippen LogP contribution in [0.15, 0.2) is 72.0 Å². The fourth-order valence-corrected chi connectivity index (χ4v) is 2.67. The Labute approximate surface area is 161 Å². The van der Waals surface area contributed by atoms with Crippen molar-refractivity contribution in [2.75, 3.05) is 6.54 Å². The summed E-state index contributed by atoms with van der Waals surface area (Å²) >= 11 is 0. The second kappa shape index (κ2) is 8.30. The minimum absolute atomic E-state index is 0.0394. The lowest BCUT2D eigenvalue weighted by molar-refractivity contribution is -0.128. The van der Waals surface area contributed by atoms with E-state index in [9.17, 15) is 14.4 Å². The Kier molecular flexibility index (Phi) is 5.64. The molecule has 0 saturated carbocycles. The van der Waals surface area contributed by atoms with E-state index in [2.05, 4.69) is 17.0 Å². The summed E-state index contributed by atoms with van der Waals surface area (Å²) in [6, 6.07) is 15.4. The van der Waals surface area contributed by atoms with Gasteiger partial charge in [-0.15, -0.1) is 6.58 Å². The van der Waals surface area contributed by atoms with Gasteiger partial charge in [0.2, 0.25) is 0 Å². The predicted molar refractivity (Wildman–Crippen MR) is 105 cm³/mol. The maximum Gasteiger partial charge on any atom is 0.360 e. The van der Waals surface area contributed by atoms with Gasteiger partial charge in [-0.1, -0.05) is 42.5 Å². The van der Waals surface area contributed by atoms with E-state index in [1.165, 1.54) is 13.0 Å². The van der Waals surface area contributed by atoms with Crippen molar-refractivity contribution in [1.29, 1.82) is 0 Å². The molecule has 3 rings (SSSR count). The van der Waals surface area contributed by atoms with Gasteiger partial charge in [0.1, 0.15) is 0 Å². The molecule has 2 aromatic carbocycles. The molecule has 0 spiro atoms. The minimum Gasteiger partial charge on any atom is -0.448 e. The lowest BCUT2D eigenvalue weighted by Crippen LogP contribution is -2.36. The van der Waals surface area contributed by atoms with Crippen LogP contribution < -0.4 is 10.9 Å². The molecule has 142 valence electrons. The van der Waals surface area contributed by atoms with E-state index < -0.39 is 18.0 Å². The summed E-state index contributed by atoms with van der Waals surface area (Å²) in [5.41, 5.74) is 0.127. The standard InChI is InChI=1S/C21H19N3O4/c1-3-13-22-19(25)14(2)28-21(27)18-16-11-7-8-12-17(16)20(26)24(23-18)15-9-5-4-6-10-15/h3-12,14H,1,13H2,2H3,(H,22,25)/t14-/m0/s1. The molecule has 0 unspecified atom stereocenters. The highest BCUT2D eigenvalue weighted by atomic mass is 16.5. The zero-order chi connectivity index (χ0) is 20.1. The Morgan fingerprint density at radius 2 is 1.79 bits per heavy atom. The molecule has 7 nitrogen and oxygen atoms in total. The number of esters is 1. The van der Waals surface area contributed by atoms with E-state index >= 15 is 0 Å². The van der Waals surface area contributed by atoms with E-state index in [0.29, 0.717) is 16.5 Å². The monoisotopic (exact) mass is 377 g/mol. The molecule has 0 fully saturated rings. The first-order chi connectivity index (χ1) is 13.5. The molecule has 1 aromatic heterocycles. The van der Waals surface area contributed by atoms with Crippen molar-refractivity contribution in [2.24, 2.45) is 0 Å². The number of hydrogen-bond donors (Lipinski definition) is 1. The molecule has 0 radical (unpaired) electrons. The van der Waals surface area contributed by atoms with Crippen LogP contribution in [0.4, 0.5) is 0 Å².